The van der Waals surface area contributed by atoms with Gasteiger partial charge in [-0.1, -0.05) is 40.5 Å². The van der Waals surface area contributed by atoms with Gasteiger partial charge in [-0.3, -0.25) is 14.5 Å². The molecule has 0 spiro atoms. The smallest absolute Gasteiger partial charge is 0.247 e. The number of hydrogen-bond donors (Lipinski definition) is 1. The summed E-state index contributed by atoms with van der Waals surface area (Å²) in [6, 6.07) is -0.228. The van der Waals surface area contributed by atoms with Crippen molar-refractivity contribution in [2.75, 3.05) is 6.54 Å². The van der Waals surface area contributed by atoms with Crippen LogP contribution in [-0.2, 0) is 9.59 Å². The van der Waals surface area contributed by atoms with E-state index in [-0.39, 0.29) is 23.9 Å². The second-order valence-electron chi connectivity index (χ2n) is 5.42. The van der Waals surface area contributed by atoms with Crippen molar-refractivity contribution < 1.29 is 9.59 Å². The molecular formula is C15H28N2O2. The Kier molecular flexibility index (Phi) is 6.49. The van der Waals surface area contributed by atoms with Gasteiger partial charge in [0.15, 0.2) is 0 Å². The number of carbonyl (C=O) groups is 2. The fourth-order valence-electron chi connectivity index (χ4n) is 2.73. The largest absolute Gasteiger partial charge is 0.305 e. The van der Waals surface area contributed by atoms with Crippen LogP contribution >= 0.6 is 0 Å². The van der Waals surface area contributed by atoms with Gasteiger partial charge in [-0.2, -0.15) is 0 Å². The number of likely N-dealkylation sites (tertiary alicyclic amines) is 1. The third-order valence-electron chi connectivity index (χ3n) is 4.30. The molecule has 110 valence electrons. The lowest BCUT2D eigenvalue weighted by atomic mass is 10.0. The van der Waals surface area contributed by atoms with Crippen molar-refractivity contribution in [3.63, 3.8) is 0 Å². The van der Waals surface area contributed by atoms with Crippen molar-refractivity contribution in [3.8, 4) is 0 Å². The highest BCUT2D eigenvalue weighted by molar-refractivity contribution is 6.05. The fraction of sp³-hybridized carbons (Fsp3) is 0.867. The SMILES string of the molecule is CCC(CC)CNC1CC(=O)N(C(CC)CC)C1=O. The minimum Gasteiger partial charge on any atom is -0.305 e. The Morgan fingerprint density at radius 1 is 1.11 bits per heavy atom. The van der Waals surface area contributed by atoms with Crippen LogP contribution in [0.4, 0.5) is 0 Å². The van der Waals surface area contributed by atoms with E-state index in [1.807, 2.05) is 13.8 Å². The molecule has 0 radical (unpaired) electrons. The summed E-state index contributed by atoms with van der Waals surface area (Å²) in [7, 11) is 0. The first-order valence-electron chi connectivity index (χ1n) is 7.68. The van der Waals surface area contributed by atoms with Crippen molar-refractivity contribution >= 4 is 11.8 Å². The highest BCUT2D eigenvalue weighted by Crippen LogP contribution is 2.20. The van der Waals surface area contributed by atoms with Crippen LogP contribution in [0.1, 0.15) is 59.8 Å². The first-order valence-corrected chi connectivity index (χ1v) is 7.68. The molecule has 1 heterocycles. The van der Waals surface area contributed by atoms with Crippen molar-refractivity contribution in [1.82, 2.24) is 10.2 Å². The Morgan fingerprint density at radius 3 is 2.16 bits per heavy atom. The zero-order valence-corrected chi connectivity index (χ0v) is 12.7. The topological polar surface area (TPSA) is 49.4 Å². The van der Waals surface area contributed by atoms with E-state index in [1.54, 1.807) is 0 Å². The zero-order chi connectivity index (χ0) is 14.4. The van der Waals surface area contributed by atoms with E-state index in [0.29, 0.717) is 12.3 Å². The van der Waals surface area contributed by atoms with Crippen molar-refractivity contribution in [3.05, 3.63) is 0 Å². The van der Waals surface area contributed by atoms with Gasteiger partial charge in [0.2, 0.25) is 11.8 Å². The number of nitrogens with zero attached hydrogens (tertiary/aromatic N) is 1. The zero-order valence-electron chi connectivity index (χ0n) is 12.7. The number of rotatable bonds is 8. The van der Waals surface area contributed by atoms with Crippen LogP contribution in [-0.4, -0.2) is 35.3 Å². The quantitative estimate of drug-likeness (QED) is 0.687. The number of carbonyl (C=O) groups excluding carboxylic acids is 2. The van der Waals surface area contributed by atoms with E-state index in [0.717, 1.165) is 32.2 Å². The first kappa shape index (κ1) is 16.2. The van der Waals surface area contributed by atoms with Gasteiger partial charge in [-0.25, -0.2) is 0 Å². The van der Waals surface area contributed by atoms with Crippen LogP contribution in [0.15, 0.2) is 0 Å². The van der Waals surface area contributed by atoms with E-state index in [4.69, 9.17) is 0 Å². The molecule has 0 aromatic carbocycles. The normalized spacial score (nSPS) is 20.1. The molecule has 1 fully saturated rings. The van der Waals surface area contributed by atoms with E-state index in [2.05, 4.69) is 19.2 Å². The highest BCUT2D eigenvalue weighted by Gasteiger charge is 2.41. The average Bonchev–Trinajstić information content (AvgIpc) is 2.69. The second kappa shape index (κ2) is 7.63. The summed E-state index contributed by atoms with van der Waals surface area (Å²) in [4.78, 5) is 25.8. The van der Waals surface area contributed by atoms with Gasteiger partial charge in [0, 0.05) is 6.04 Å². The molecule has 2 amide bonds. The minimum atomic E-state index is -0.298. The number of hydrogen-bond acceptors (Lipinski definition) is 3. The maximum atomic E-state index is 12.3. The molecular weight excluding hydrogens is 240 g/mol. The molecule has 1 saturated heterocycles. The van der Waals surface area contributed by atoms with E-state index < -0.39 is 0 Å². The maximum absolute atomic E-state index is 12.3. The van der Waals surface area contributed by atoms with Crippen LogP contribution in [0.3, 0.4) is 0 Å². The molecule has 0 aromatic rings. The Labute approximate surface area is 116 Å². The molecule has 1 unspecified atom stereocenters. The summed E-state index contributed by atoms with van der Waals surface area (Å²) in [5.41, 5.74) is 0. The molecule has 1 aliphatic rings. The summed E-state index contributed by atoms with van der Waals surface area (Å²) < 4.78 is 0. The molecule has 1 N–H and O–H groups in total. The van der Waals surface area contributed by atoms with Gasteiger partial charge in [0.05, 0.1) is 12.5 Å². The highest BCUT2D eigenvalue weighted by atomic mass is 16.2. The lowest BCUT2D eigenvalue weighted by molar-refractivity contribution is -0.141. The number of nitrogens with one attached hydrogen (secondary N) is 1. The Balaban J connectivity index is 2.60. The Hall–Kier alpha value is -0.900. The summed E-state index contributed by atoms with van der Waals surface area (Å²) in [5, 5.41) is 3.28. The molecule has 0 aliphatic carbocycles. The van der Waals surface area contributed by atoms with Gasteiger partial charge < -0.3 is 5.32 Å². The predicted molar refractivity (Wildman–Crippen MR) is 76.7 cm³/mol. The van der Waals surface area contributed by atoms with E-state index in [9.17, 15) is 9.59 Å². The molecule has 19 heavy (non-hydrogen) atoms. The number of imide groups is 1. The van der Waals surface area contributed by atoms with Crippen molar-refractivity contribution in [2.45, 2.75) is 71.9 Å². The molecule has 1 aliphatic heterocycles. The molecule has 0 aromatic heterocycles. The van der Waals surface area contributed by atoms with E-state index in [1.165, 1.54) is 4.90 Å². The Morgan fingerprint density at radius 2 is 1.68 bits per heavy atom. The van der Waals surface area contributed by atoms with Gasteiger partial charge in [-0.05, 0) is 25.3 Å². The lowest BCUT2D eigenvalue weighted by Crippen LogP contribution is -2.44. The average molecular weight is 268 g/mol. The van der Waals surface area contributed by atoms with Crippen LogP contribution < -0.4 is 5.32 Å². The number of amides is 2. The molecule has 4 heteroatoms. The van der Waals surface area contributed by atoms with Crippen LogP contribution in [0.5, 0.6) is 0 Å². The van der Waals surface area contributed by atoms with Gasteiger partial charge >= 0.3 is 0 Å². The third kappa shape index (κ3) is 3.78. The Bertz CT molecular complexity index is 309. The maximum Gasteiger partial charge on any atom is 0.247 e. The lowest BCUT2D eigenvalue weighted by Gasteiger charge is -2.24. The standard InChI is InChI=1S/C15H28N2O2/c1-5-11(6-2)10-16-13-9-14(18)17(15(13)19)12(7-3)8-4/h11-13,16H,5-10H2,1-4H3. The van der Waals surface area contributed by atoms with Crippen molar-refractivity contribution in [1.29, 1.82) is 0 Å². The van der Waals surface area contributed by atoms with Gasteiger partial charge in [-0.15, -0.1) is 0 Å². The third-order valence-corrected chi connectivity index (χ3v) is 4.30. The minimum absolute atomic E-state index is 0.0132. The molecule has 0 bridgehead atoms. The fourth-order valence-corrected chi connectivity index (χ4v) is 2.73. The molecule has 4 nitrogen and oxygen atoms in total. The van der Waals surface area contributed by atoms with Crippen LogP contribution in [0, 0.1) is 5.92 Å². The molecule has 1 atom stereocenters. The van der Waals surface area contributed by atoms with Crippen molar-refractivity contribution in [2.24, 2.45) is 5.92 Å². The summed E-state index contributed by atoms with van der Waals surface area (Å²) in [6.45, 7) is 9.20. The summed E-state index contributed by atoms with van der Waals surface area (Å²) in [5.74, 6) is 0.551. The van der Waals surface area contributed by atoms with Crippen LogP contribution in [0.2, 0.25) is 0 Å². The van der Waals surface area contributed by atoms with Gasteiger partial charge in [0.25, 0.3) is 0 Å². The van der Waals surface area contributed by atoms with Crippen LogP contribution in [0.25, 0.3) is 0 Å². The molecule has 0 saturated carbocycles. The first-order chi connectivity index (χ1) is 9.08. The molecule has 1 rings (SSSR count). The van der Waals surface area contributed by atoms with E-state index >= 15 is 0 Å². The second-order valence-corrected chi connectivity index (χ2v) is 5.42. The van der Waals surface area contributed by atoms with Gasteiger partial charge in [0.1, 0.15) is 0 Å². The predicted octanol–water partition coefficient (Wildman–Crippen LogP) is 2.33. The summed E-state index contributed by atoms with van der Waals surface area (Å²) >= 11 is 0. The monoisotopic (exact) mass is 268 g/mol. The summed E-state index contributed by atoms with van der Waals surface area (Å²) in [6.07, 6.45) is 4.22.